The highest BCUT2D eigenvalue weighted by Crippen LogP contribution is 2.25. The predicted molar refractivity (Wildman–Crippen MR) is 180 cm³/mol. The number of hydrogen-bond donors (Lipinski definition) is 2. The Bertz CT molecular complexity index is 1620. The summed E-state index contributed by atoms with van der Waals surface area (Å²) in [6.45, 7) is 5.28. The quantitative estimate of drug-likeness (QED) is 0.299. The molecule has 0 fully saturated rings. The van der Waals surface area contributed by atoms with E-state index < -0.39 is 12.1 Å². The highest BCUT2D eigenvalue weighted by atomic mass is 32.2. The minimum atomic E-state index is -0.662. The van der Waals surface area contributed by atoms with E-state index in [0.717, 1.165) is 27.7 Å². The van der Waals surface area contributed by atoms with Crippen molar-refractivity contribution in [3.8, 4) is 11.4 Å². The van der Waals surface area contributed by atoms with Crippen LogP contribution in [0.5, 0.6) is 0 Å². The lowest BCUT2D eigenvalue weighted by Crippen LogP contribution is -2.49. The maximum Gasteiger partial charge on any atom is 0.243 e. The highest BCUT2D eigenvalue weighted by Gasteiger charge is 2.30. The minimum absolute atomic E-state index is 0.00373. The third-order valence-electron chi connectivity index (χ3n) is 8.17. The summed E-state index contributed by atoms with van der Waals surface area (Å²) in [6.07, 6.45) is 3.47. The van der Waals surface area contributed by atoms with E-state index in [0.29, 0.717) is 44.1 Å². The summed E-state index contributed by atoms with van der Waals surface area (Å²) in [5, 5.41) is 13.3. The summed E-state index contributed by atoms with van der Waals surface area (Å²) >= 11 is 1.63. The van der Waals surface area contributed by atoms with Gasteiger partial charge in [-0.1, -0.05) is 86.6 Å². The fourth-order valence-electron chi connectivity index (χ4n) is 5.65. The molecule has 0 spiro atoms. The summed E-state index contributed by atoms with van der Waals surface area (Å²) in [6, 6.07) is 22.9. The summed E-state index contributed by atoms with van der Waals surface area (Å²) in [5.74, 6) is 1.50. The molecular formula is C35H42N6O3S. The number of fused-ring (bicyclic) bond motifs is 2. The van der Waals surface area contributed by atoms with Gasteiger partial charge in [-0.15, -0.1) is 0 Å². The number of nitrogens with zero attached hydrogens (tertiary/aromatic N) is 4. The number of rotatable bonds is 7. The van der Waals surface area contributed by atoms with Gasteiger partial charge in [-0.05, 0) is 47.1 Å². The van der Waals surface area contributed by atoms with Crippen molar-refractivity contribution < 1.29 is 14.4 Å². The molecule has 1 aliphatic rings. The third-order valence-corrected chi connectivity index (χ3v) is 8.82. The zero-order chi connectivity index (χ0) is 31.8. The zero-order valence-corrected chi connectivity index (χ0v) is 27.1. The number of nitrogens with one attached hydrogen (secondary N) is 2. The van der Waals surface area contributed by atoms with Crippen LogP contribution >= 0.6 is 11.8 Å². The van der Waals surface area contributed by atoms with Gasteiger partial charge in [0.15, 0.2) is 11.6 Å². The molecule has 0 radical (unpaired) electrons. The third kappa shape index (κ3) is 8.30. The number of carbonyl (C=O) groups excluding carboxylic acids is 3. The molecular weight excluding hydrogens is 584 g/mol. The normalized spacial score (nSPS) is 18.3. The second-order valence-electron chi connectivity index (χ2n) is 11.9. The molecule has 1 aliphatic heterocycles. The summed E-state index contributed by atoms with van der Waals surface area (Å²) in [5.41, 5.74) is 1.82. The molecule has 3 amide bonds. The van der Waals surface area contributed by atoms with Crippen LogP contribution in [0.25, 0.3) is 22.2 Å². The topological polar surface area (TPSA) is 109 Å². The Morgan fingerprint density at radius 3 is 2.47 bits per heavy atom. The van der Waals surface area contributed by atoms with Gasteiger partial charge in [0.25, 0.3) is 0 Å². The van der Waals surface area contributed by atoms with Crippen molar-refractivity contribution in [2.24, 2.45) is 5.92 Å². The number of carbonyl (C=O) groups is 3. The molecule has 9 nitrogen and oxygen atoms in total. The van der Waals surface area contributed by atoms with Crippen molar-refractivity contribution >= 4 is 40.3 Å². The molecule has 0 unspecified atom stereocenters. The lowest BCUT2D eigenvalue weighted by molar-refractivity contribution is -0.131. The van der Waals surface area contributed by atoms with Crippen LogP contribution in [0.2, 0.25) is 0 Å². The van der Waals surface area contributed by atoms with E-state index in [-0.39, 0.29) is 36.5 Å². The Labute approximate surface area is 269 Å². The second kappa shape index (κ2) is 15.2. The zero-order valence-electron chi connectivity index (χ0n) is 26.2. The first kappa shape index (κ1) is 32.2. The van der Waals surface area contributed by atoms with E-state index in [9.17, 15) is 14.4 Å². The molecule has 0 bridgehead atoms. The number of aromatic nitrogens is 3. The van der Waals surface area contributed by atoms with Gasteiger partial charge in [0.1, 0.15) is 6.04 Å². The SMILES string of the molecule is CSCC[C@@H]1NC(=O)CCCN(C(=O)Cc2ccc3ccccc3c2)CCn2nc(-c3ccccc3)nc2[C@@H](C(C)C)NC1=O. The van der Waals surface area contributed by atoms with Crippen molar-refractivity contribution in [3.05, 3.63) is 84.2 Å². The van der Waals surface area contributed by atoms with Crippen LogP contribution in [0.1, 0.15) is 50.5 Å². The average Bonchev–Trinajstić information content (AvgIpc) is 3.46. The molecule has 2 heterocycles. The van der Waals surface area contributed by atoms with Crippen LogP contribution < -0.4 is 10.6 Å². The molecule has 2 N–H and O–H groups in total. The van der Waals surface area contributed by atoms with E-state index in [1.165, 1.54) is 0 Å². The van der Waals surface area contributed by atoms with Gasteiger partial charge in [0, 0.05) is 25.1 Å². The van der Waals surface area contributed by atoms with Crippen LogP contribution in [0, 0.1) is 5.92 Å². The van der Waals surface area contributed by atoms with Gasteiger partial charge < -0.3 is 15.5 Å². The predicted octanol–water partition coefficient (Wildman–Crippen LogP) is 5.01. The Morgan fingerprint density at radius 2 is 1.71 bits per heavy atom. The number of amides is 3. The minimum Gasteiger partial charge on any atom is -0.344 e. The summed E-state index contributed by atoms with van der Waals surface area (Å²) in [7, 11) is 0. The van der Waals surface area contributed by atoms with Gasteiger partial charge >= 0.3 is 0 Å². The monoisotopic (exact) mass is 626 g/mol. The molecule has 10 heteroatoms. The van der Waals surface area contributed by atoms with Gasteiger partial charge in [0.05, 0.1) is 19.0 Å². The maximum atomic E-state index is 13.8. The molecule has 0 aliphatic carbocycles. The Kier molecular flexibility index (Phi) is 10.9. The maximum absolute atomic E-state index is 13.8. The van der Waals surface area contributed by atoms with E-state index in [4.69, 9.17) is 10.1 Å². The summed E-state index contributed by atoms with van der Waals surface area (Å²) in [4.78, 5) is 47.1. The first-order valence-corrected chi connectivity index (χ1v) is 17.1. The van der Waals surface area contributed by atoms with Crippen LogP contribution in [-0.4, -0.2) is 68.5 Å². The Balaban J connectivity index is 1.47. The van der Waals surface area contributed by atoms with E-state index in [1.807, 2.05) is 84.3 Å². The molecule has 236 valence electrons. The van der Waals surface area contributed by atoms with Crippen molar-refractivity contribution in [2.45, 2.75) is 58.2 Å². The fourth-order valence-corrected chi connectivity index (χ4v) is 6.13. The van der Waals surface area contributed by atoms with Gasteiger partial charge in [-0.3, -0.25) is 14.4 Å². The van der Waals surface area contributed by atoms with E-state index in [1.54, 1.807) is 11.8 Å². The van der Waals surface area contributed by atoms with E-state index >= 15 is 0 Å². The number of hydrogen-bond acceptors (Lipinski definition) is 6. The molecule has 4 aromatic rings. The van der Waals surface area contributed by atoms with Crippen LogP contribution in [0.3, 0.4) is 0 Å². The lowest BCUT2D eigenvalue weighted by atomic mass is 10.0. The first-order valence-electron chi connectivity index (χ1n) is 15.7. The molecule has 1 aromatic heterocycles. The van der Waals surface area contributed by atoms with Crippen molar-refractivity contribution in [2.75, 3.05) is 25.1 Å². The molecule has 2 atom stereocenters. The first-order chi connectivity index (χ1) is 21.8. The second-order valence-corrected chi connectivity index (χ2v) is 12.8. The van der Waals surface area contributed by atoms with E-state index in [2.05, 4.69) is 28.8 Å². The smallest absolute Gasteiger partial charge is 0.243 e. The van der Waals surface area contributed by atoms with Crippen LogP contribution in [-0.2, 0) is 27.3 Å². The molecule has 0 saturated heterocycles. The standard InChI is InChI=1S/C35H42N6O3S/c1-24(2)32-34-38-33(27-11-5-4-6-12-27)39-41(34)20-19-40(18-9-14-30(42)36-29(17-21-45-3)35(44)37-32)31(43)23-25-15-16-26-10-7-8-13-28(26)22-25/h4-8,10-13,15-16,22,24,29,32H,9,14,17-21,23H2,1-3H3,(H,36,42)(H,37,44)/t29-,32+/m0/s1. The number of thioether (sulfide) groups is 1. The van der Waals surface area contributed by atoms with Gasteiger partial charge in [-0.2, -0.15) is 16.9 Å². The van der Waals surface area contributed by atoms with Crippen LogP contribution in [0.4, 0.5) is 0 Å². The molecule has 3 aromatic carbocycles. The number of benzene rings is 3. The summed E-state index contributed by atoms with van der Waals surface area (Å²) < 4.78 is 1.84. The van der Waals surface area contributed by atoms with Crippen molar-refractivity contribution in [1.29, 1.82) is 0 Å². The van der Waals surface area contributed by atoms with Crippen molar-refractivity contribution in [3.63, 3.8) is 0 Å². The Morgan fingerprint density at radius 1 is 0.956 bits per heavy atom. The molecule has 0 saturated carbocycles. The Hall–Kier alpha value is -4.18. The molecule has 45 heavy (non-hydrogen) atoms. The average molecular weight is 627 g/mol. The highest BCUT2D eigenvalue weighted by molar-refractivity contribution is 7.98. The van der Waals surface area contributed by atoms with Crippen molar-refractivity contribution in [1.82, 2.24) is 30.3 Å². The molecule has 5 rings (SSSR count). The largest absolute Gasteiger partial charge is 0.344 e. The van der Waals surface area contributed by atoms with Gasteiger partial charge in [-0.25, -0.2) is 9.67 Å². The van der Waals surface area contributed by atoms with Crippen LogP contribution in [0.15, 0.2) is 72.8 Å². The lowest BCUT2D eigenvalue weighted by Gasteiger charge is -2.28. The fraction of sp³-hybridized carbons (Fsp3) is 0.400. The van der Waals surface area contributed by atoms with Gasteiger partial charge in [0.2, 0.25) is 17.7 Å².